The highest BCUT2D eigenvalue weighted by atomic mass is 79.9. The molecule has 1 rings (SSSR count). The Labute approximate surface area is 72.2 Å². The van der Waals surface area contributed by atoms with Crippen LogP contribution in [0.5, 0.6) is 0 Å². The van der Waals surface area contributed by atoms with Gasteiger partial charge < -0.3 is 0 Å². The number of rotatable bonds is 2. The minimum atomic E-state index is -0.280. The molecule has 0 aliphatic heterocycles. The Morgan fingerprint density at radius 1 is 1.55 bits per heavy atom. The molecule has 0 aliphatic rings. The third kappa shape index (κ3) is 2.25. The second-order valence-electron chi connectivity index (χ2n) is 2.05. The first-order valence-corrected chi connectivity index (χ1v) is 3.79. The molecule has 2 nitrogen and oxygen atoms in total. The molecule has 0 amide bonds. The smallest absolute Gasteiger partial charge is 0.124 e. The lowest BCUT2D eigenvalue weighted by Gasteiger charge is -2.01. The van der Waals surface area contributed by atoms with Gasteiger partial charge in [-0.15, -0.1) is 0 Å². The number of nitrogens with two attached hydrogens (primary N) is 1. The molecule has 0 spiro atoms. The second-order valence-corrected chi connectivity index (χ2v) is 2.90. The lowest BCUT2D eigenvalue weighted by molar-refractivity contribution is 0.123. The van der Waals surface area contributed by atoms with Gasteiger partial charge in [0.25, 0.3) is 0 Å². The third-order valence-corrected chi connectivity index (χ3v) is 1.99. The Morgan fingerprint density at radius 3 is 2.82 bits per heavy atom. The highest BCUT2D eigenvalue weighted by Crippen LogP contribution is 2.17. The van der Waals surface area contributed by atoms with E-state index < -0.39 is 0 Å². The lowest BCUT2D eigenvalue weighted by Crippen LogP contribution is -1.99. The molecule has 0 heterocycles. The molecule has 1 aromatic rings. The van der Waals surface area contributed by atoms with Crippen LogP contribution in [0.25, 0.3) is 0 Å². The molecule has 11 heavy (non-hydrogen) atoms. The molecule has 4 heteroatoms. The zero-order chi connectivity index (χ0) is 8.27. The van der Waals surface area contributed by atoms with Crippen molar-refractivity contribution < 1.29 is 9.23 Å². The molecule has 0 radical (unpaired) electrons. The van der Waals surface area contributed by atoms with Crippen molar-refractivity contribution in [1.82, 2.24) is 0 Å². The van der Waals surface area contributed by atoms with E-state index in [4.69, 9.17) is 5.90 Å². The first-order chi connectivity index (χ1) is 5.24. The molecule has 1 aromatic carbocycles. The van der Waals surface area contributed by atoms with Crippen molar-refractivity contribution in [3.63, 3.8) is 0 Å². The topological polar surface area (TPSA) is 35.2 Å². The van der Waals surface area contributed by atoms with E-state index in [0.717, 1.165) is 5.56 Å². The predicted octanol–water partition coefficient (Wildman–Crippen LogP) is 1.98. The average Bonchev–Trinajstić information content (AvgIpc) is 1.95. The van der Waals surface area contributed by atoms with E-state index in [0.29, 0.717) is 4.47 Å². The first kappa shape index (κ1) is 8.64. The quantitative estimate of drug-likeness (QED) is 0.773. The van der Waals surface area contributed by atoms with Gasteiger partial charge in [-0.1, -0.05) is 22.0 Å². The largest absolute Gasteiger partial charge is 0.300 e. The molecule has 0 saturated carbocycles. The Hall–Kier alpha value is -0.450. The van der Waals surface area contributed by atoms with Gasteiger partial charge in [-0.25, -0.2) is 10.3 Å². The van der Waals surface area contributed by atoms with Crippen molar-refractivity contribution >= 4 is 15.9 Å². The minimum absolute atomic E-state index is 0.279. The van der Waals surface area contributed by atoms with Crippen molar-refractivity contribution in [3.05, 3.63) is 34.1 Å². The maximum atomic E-state index is 12.5. The van der Waals surface area contributed by atoms with Crippen LogP contribution in [0.15, 0.2) is 22.7 Å². The Morgan fingerprint density at radius 2 is 2.27 bits per heavy atom. The molecule has 0 saturated heterocycles. The van der Waals surface area contributed by atoms with E-state index in [1.807, 2.05) is 0 Å². The summed E-state index contributed by atoms with van der Waals surface area (Å²) in [5.74, 6) is 4.57. The molecule has 2 N–H and O–H groups in total. The van der Waals surface area contributed by atoms with Gasteiger partial charge in [0.15, 0.2) is 0 Å². The molecular formula is C7H7BrFNO. The maximum absolute atomic E-state index is 12.5. The SMILES string of the molecule is NOCc1ccc(F)cc1Br. The van der Waals surface area contributed by atoms with Crippen LogP contribution in [0.3, 0.4) is 0 Å². The van der Waals surface area contributed by atoms with Crippen molar-refractivity contribution in [3.8, 4) is 0 Å². The van der Waals surface area contributed by atoms with Gasteiger partial charge in [0, 0.05) is 4.47 Å². The summed E-state index contributed by atoms with van der Waals surface area (Å²) in [4.78, 5) is 4.40. The number of benzene rings is 1. The number of hydrogen-bond donors (Lipinski definition) is 1. The van der Waals surface area contributed by atoms with Crippen LogP contribution >= 0.6 is 15.9 Å². The first-order valence-electron chi connectivity index (χ1n) is 2.99. The van der Waals surface area contributed by atoms with E-state index in [1.165, 1.54) is 12.1 Å². The summed E-state index contributed by atoms with van der Waals surface area (Å²) in [5, 5.41) is 0. The van der Waals surface area contributed by atoms with E-state index in [1.54, 1.807) is 6.07 Å². The van der Waals surface area contributed by atoms with Gasteiger partial charge in [0.2, 0.25) is 0 Å². The summed E-state index contributed by atoms with van der Waals surface area (Å²) in [5.41, 5.74) is 0.828. The van der Waals surface area contributed by atoms with E-state index in [2.05, 4.69) is 20.8 Å². The summed E-state index contributed by atoms with van der Waals surface area (Å²) in [6, 6.07) is 4.35. The van der Waals surface area contributed by atoms with Crippen molar-refractivity contribution in [2.45, 2.75) is 6.61 Å². The lowest BCUT2D eigenvalue weighted by atomic mass is 10.2. The summed E-state index contributed by atoms with van der Waals surface area (Å²) < 4.78 is 13.2. The zero-order valence-corrected chi connectivity index (χ0v) is 7.27. The van der Waals surface area contributed by atoms with Gasteiger partial charge in [0.1, 0.15) is 5.82 Å². The van der Waals surface area contributed by atoms with Crippen LogP contribution in [0, 0.1) is 5.82 Å². The number of hydrogen-bond acceptors (Lipinski definition) is 2. The van der Waals surface area contributed by atoms with Gasteiger partial charge in [-0.3, -0.25) is 4.84 Å². The fourth-order valence-electron chi connectivity index (χ4n) is 0.729. The maximum Gasteiger partial charge on any atom is 0.124 e. The van der Waals surface area contributed by atoms with E-state index in [9.17, 15) is 4.39 Å². The van der Waals surface area contributed by atoms with Gasteiger partial charge in [-0.2, -0.15) is 0 Å². The van der Waals surface area contributed by atoms with Crippen molar-refractivity contribution in [2.24, 2.45) is 5.90 Å². The summed E-state index contributed by atoms with van der Waals surface area (Å²) >= 11 is 3.17. The Balaban J connectivity index is 2.90. The second kappa shape index (κ2) is 3.80. The normalized spacial score (nSPS) is 10.1. The zero-order valence-electron chi connectivity index (χ0n) is 5.68. The molecule has 0 unspecified atom stereocenters. The fraction of sp³-hybridized carbons (Fsp3) is 0.143. The summed E-state index contributed by atoms with van der Waals surface area (Å²) in [6.45, 7) is 0.279. The Bertz CT molecular complexity index is 254. The molecule has 0 fully saturated rings. The highest BCUT2D eigenvalue weighted by Gasteiger charge is 1.99. The minimum Gasteiger partial charge on any atom is -0.300 e. The van der Waals surface area contributed by atoms with E-state index in [-0.39, 0.29) is 12.4 Å². The fourth-order valence-corrected chi connectivity index (χ4v) is 1.19. The Kier molecular flexibility index (Phi) is 2.99. The van der Waals surface area contributed by atoms with Crippen LogP contribution in [-0.2, 0) is 11.4 Å². The van der Waals surface area contributed by atoms with Crippen LogP contribution in [0.4, 0.5) is 4.39 Å². The van der Waals surface area contributed by atoms with Crippen LogP contribution < -0.4 is 5.90 Å². The van der Waals surface area contributed by atoms with Crippen molar-refractivity contribution in [1.29, 1.82) is 0 Å². The summed E-state index contributed by atoms with van der Waals surface area (Å²) in [7, 11) is 0. The molecule has 0 atom stereocenters. The summed E-state index contributed by atoms with van der Waals surface area (Å²) in [6.07, 6.45) is 0. The third-order valence-electron chi connectivity index (χ3n) is 1.25. The molecule has 0 aromatic heterocycles. The van der Waals surface area contributed by atoms with Gasteiger partial charge in [0.05, 0.1) is 6.61 Å². The molecular weight excluding hydrogens is 213 g/mol. The standard InChI is InChI=1S/C7H7BrFNO/c8-7-3-6(9)2-1-5(7)4-11-10/h1-3H,4,10H2. The molecule has 0 bridgehead atoms. The van der Waals surface area contributed by atoms with Crippen molar-refractivity contribution in [2.75, 3.05) is 0 Å². The highest BCUT2D eigenvalue weighted by molar-refractivity contribution is 9.10. The molecule has 0 aliphatic carbocycles. The van der Waals surface area contributed by atoms with Crippen LogP contribution in [0.1, 0.15) is 5.56 Å². The van der Waals surface area contributed by atoms with E-state index >= 15 is 0 Å². The van der Waals surface area contributed by atoms with Crippen LogP contribution in [0.2, 0.25) is 0 Å². The monoisotopic (exact) mass is 219 g/mol. The predicted molar refractivity (Wildman–Crippen MR) is 43.1 cm³/mol. The van der Waals surface area contributed by atoms with Crippen LogP contribution in [-0.4, -0.2) is 0 Å². The number of halogens is 2. The average molecular weight is 220 g/mol. The molecule has 60 valence electrons. The van der Waals surface area contributed by atoms with Gasteiger partial charge >= 0.3 is 0 Å². The van der Waals surface area contributed by atoms with Gasteiger partial charge in [-0.05, 0) is 17.7 Å².